The van der Waals surface area contributed by atoms with E-state index in [0.29, 0.717) is 12.2 Å². The predicted octanol–water partition coefficient (Wildman–Crippen LogP) is 4.95. The third-order valence-corrected chi connectivity index (χ3v) is 7.11. The molecule has 2 aromatic carbocycles. The normalized spacial score (nSPS) is 16.5. The van der Waals surface area contributed by atoms with Crippen molar-refractivity contribution in [2.24, 2.45) is 0 Å². The number of methoxy groups -OCH3 is 1. The Labute approximate surface area is 205 Å². The fourth-order valence-corrected chi connectivity index (χ4v) is 5.23. The molecule has 1 aliphatic heterocycles. The van der Waals surface area contributed by atoms with E-state index in [1.54, 1.807) is 23.3 Å². The van der Waals surface area contributed by atoms with E-state index < -0.39 is 0 Å². The van der Waals surface area contributed by atoms with Gasteiger partial charge in [-0.3, -0.25) is 14.5 Å². The zero-order chi connectivity index (χ0) is 24.1. The van der Waals surface area contributed by atoms with Crippen molar-refractivity contribution in [3.05, 3.63) is 76.5 Å². The lowest BCUT2D eigenvalue weighted by molar-refractivity contribution is -0.121. The molecular weight excluding hydrogens is 446 g/mol. The zero-order valence-corrected chi connectivity index (χ0v) is 20.7. The minimum atomic E-state index is -0.230. The van der Waals surface area contributed by atoms with E-state index in [9.17, 15) is 9.59 Å². The molecule has 2 atom stereocenters. The Morgan fingerprint density at radius 3 is 2.65 bits per heavy atom. The van der Waals surface area contributed by atoms with Crippen LogP contribution in [0.5, 0.6) is 5.75 Å². The first-order chi connectivity index (χ1) is 16.4. The highest BCUT2D eigenvalue weighted by Crippen LogP contribution is 2.31. The van der Waals surface area contributed by atoms with Gasteiger partial charge in [0.2, 0.25) is 11.8 Å². The molecule has 0 bridgehead atoms. The van der Waals surface area contributed by atoms with Gasteiger partial charge in [0.1, 0.15) is 5.75 Å². The van der Waals surface area contributed by atoms with Gasteiger partial charge in [0.15, 0.2) is 0 Å². The molecule has 1 aliphatic rings. The molecule has 6 nitrogen and oxygen atoms in total. The van der Waals surface area contributed by atoms with Gasteiger partial charge in [0, 0.05) is 29.9 Å². The van der Waals surface area contributed by atoms with E-state index in [2.05, 4.69) is 34.7 Å². The number of fused-ring (bicyclic) bond motifs is 1. The lowest BCUT2D eigenvalue weighted by Gasteiger charge is -2.33. The molecule has 0 aliphatic carbocycles. The number of anilines is 2. The summed E-state index contributed by atoms with van der Waals surface area (Å²) in [6.07, 6.45) is 1.14. The summed E-state index contributed by atoms with van der Waals surface area (Å²) >= 11 is 1.74. The van der Waals surface area contributed by atoms with E-state index in [1.165, 1.54) is 4.88 Å². The van der Waals surface area contributed by atoms with Crippen LogP contribution in [0, 0.1) is 0 Å². The van der Waals surface area contributed by atoms with Crippen LogP contribution in [0.2, 0.25) is 0 Å². The zero-order valence-electron chi connectivity index (χ0n) is 19.9. The third kappa shape index (κ3) is 5.66. The van der Waals surface area contributed by atoms with E-state index >= 15 is 0 Å². The Morgan fingerprint density at radius 2 is 1.94 bits per heavy atom. The van der Waals surface area contributed by atoms with Crippen molar-refractivity contribution < 1.29 is 14.3 Å². The summed E-state index contributed by atoms with van der Waals surface area (Å²) < 4.78 is 5.29. The molecule has 2 heterocycles. The van der Waals surface area contributed by atoms with Crippen molar-refractivity contribution in [1.82, 2.24) is 4.90 Å². The summed E-state index contributed by atoms with van der Waals surface area (Å²) in [5.41, 5.74) is 2.55. The van der Waals surface area contributed by atoms with Crippen LogP contribution < -0.4 is 15.0 Å². The van der Waals surface area contributed by atoms with Crippen molar-refractivity contribution in [3.8, 4) is 5.75 Å². The maximum Gasteiger partial charge on any atom is 0.241 e. The molecule has 1 N–H and O–H groups in total. The molecule has 0 fully saturated rings. The Balaban J connectivity index is 1.59. The molecule has 0 spiro atoms. The summed E-state index contributed by atoms with van der Waals surface area (Å²) in [6, 6.07) is 19.6. The lowest BCUT2D eigenvalue weighted by Crippen LogP contribution is -2.47. The van der Waals surface area contributed by atoms with Crippen molar-refractivity contribution in [3.63, 3.8) is 0 Å². The molecule has 2 amide bonds. The number of ether oxygens (including phenoxy) is 1. The number of amides is 2. The molecule has 2 unspecified atom stereocenters. The van der Waals surface area contributed by atoms with Gasteiger partial charge in [-0.2, -0.15) is 0 Å². The van der Waals surface area contributed by atoms with E-state index in [4.69, 9.17) is 4.74 Å². The summed E-state index contributed by atoms with van der Waals surface area (Å²) in [5.74, 6) is 0.726. The molecule has 34 heavy (non-hydrogen) atoms. The van der Waals surface area contributed by atoms with Gasteiger partial charge in [0.05, 0.1) is 25.0 Å². The summed E-state index contributed by atoms with van der Waals surface area (Å²) in [5, 5.41) is 5.02. The van der Waals surface area contributed by atoms with Gasteiger partial charge in [-0.25, -0.2) is 0 Å². The minimum absolute atomic E-state index is 0.0111. The molecule has 3 aromatic rings. The van der Waals surface area contributed by atoms with Gasteiger partial charge in [-0.05, 0) is 61.5 Å². The lowest BCUT2D eigenvalue weighted by atomic mass is 10.1. The number of nitrogens with zero attached hydrogens (tertiary/aromatic N) is 2. The average molecular weight is 478 g/mol. The summed E-state index contributed by atoms with van der Waals surface area (Å²) in [4.78, 5) is 31.4. The Bertz CT molecular complexity index is 1110. The molecule has 0 saturated carbocycles. The van der Waals surface area contributed by atoms with E-state index in [0.717, 1.165) is 23.4 Å². The Kier molecular flexibility index (Phi) is 7.65. The van der Waals surface area contributed by atoms with Crippen LogP contribution in [0.25, 0.3) is 0 Å². The molecule has 1 aromatic heterocycles. The van der Waals surface area contributed by atoms with Crippen LogP contribution in [0.15, 0.2) is 66.0 Å². The fraction of sp³-hybridized carbons (Fsp3) is 0.333. The first kappa shape index (κ1) is 24.0. The predicted molar refractivity (Wildman–Crippen MR) is 138 cm³/mol. The number of thiophene rings is 1. The number of rotatable bonds is 8. The Hall–Kier alpha value is -3.16. The topological polar surface area (TPSA) is 61.9 Å². The average Bonchev–Trinajstić information content (AvgIpc) is 3.28. The fourth-order valence-electron chi connectivity index (χ4n) is 4.40. The maximum absolute atomic E-state index is 13.8. The molecular formula is C27H31N3O3S. The number of carbonyl (C=O) groups is 2. The second-order valence-electron chi connectivity index (χ2n) is 8.77. The minimum Gasteiger partial charge on any atom is -0.497 e. The third-order valence-electron chi connectivity index (χ3n) is 6.21. The van der Waals surface area contributed by atoms with Gasteiger partial charge in [-0.1, -0.05) is 30.3 Å². The van der Waals surface area contributed by atoms with Crippen LogP contribution in [0.3, 0.4) is 0 Å². The largest absolute Gasteiger partial charge is 0.497 e. The molecule has 7 heteroatoms. The van der Waals surface area contributed by atoms with Crippen LogP contribution in [0.4, 0.5) is 11.4 Å². The number of benzene rings is 2. The van der Waals surface area contributed by atoms with Crippen LogP contribution in [-0.4, -0.2) is 42.5 Å². The van der Waals surface area contributed by atoms with Gasteiger partial charge in [-0.15, -0.1) is 11.3 Å². The number of carbonyl (C=O) groups excluding carboxylic acids is 2. The second-order valence-corrected chi connectivity index (χ2v) is 9.80. The monoisotopic (exact) mass is 477 g/mol. The molecule has 178 valence electrons. The van der Waals surface area contributed by atoms with Crippen molar-refractivity contribution >= 4 is 34.5 Å². The number of hydrogen-bond acceptors (Lipinski definition) is 5. The highest BCUT2D eigenvalue weighted by Gasteiger charge is 2.31. The highest BCUT2D eigenvalue weighted by atomic mass is 32.1. The van der Waals surface area contributed by atoms with E-state index in [-0.39, 0.29) is 36.9 Å². The Morgan fingerprint density at radius 1 is 1.18 bits per heavy atom. The standard InChI is InChI=1S/C27H31N3O3S/c1-19(15-23-7-6-14-34-23)29(17-21-10-12-22(33-3)13-11-21)18-27(32)30-20(2)16-26(31)28-24-8-4-5-9-25(24)30/h4-14,19-20H,15-18H2,1-3H3,(H,28,31). The summed E-state index contributed by atoms with van der Waals surface area (Å²) in [6.45, 7) is 5.00. The van der Waals surface area contributed by atoms with Crippen molar-refractivity contribution in [2.75, 3.05) is 23.9 Å². The molecule has 4 rings (SSSR count). The van der Waals surface area contributed by atoms with Crippen molar-refractivity contribution in [1.29, 1.82) is 0 Å². The highest BCUT2D eigenvalue weighted by molar-refractivity contribution is 7.09. The second kappa shape index (κ2) is 10.8. The van der Waals surface area contributed by atoms with Crippen LogP contribution in [-0.2, 0) is 22.6 Å². The first-order valence-electron chi connectivity index (χ1n) is 11.5. The summed E-state index contributed by atoms with van der Waals surface area (Å²) in [7, 11) is 1.66. The smallest absolute Gasteiger partial charge is 0.241 e. The number of hydrogen-bond donors (Lipinski definition) is 1. The van der Waals surface area contributed by atoms with Crippen LogP contribution in [0.1, 0.15) is 30.7 Å². The van der Waals surface area contributed by atoms with Gasteiger partial charge in [0.25, 0.3) is 0 Å². The van der Waals surface area contributed by atoms with Gasteiger partial charge < -0.3 is 15.0 Å². The quantitative estimate of drug-likeness (QED) is 0.499. The SMILES string of the molecule is COc1ccc(CN(CC(=O)N2c3ccccc3NC(=O)CC2C)C(C)Cc2cccs2)cc1. The van der Waals surface area contributed by atoms with E-state index in [1.807, 2.05) is 55.5 Å². The van der Waals surface area contributed by atoms with Crippen LogP contribution >= 0.6 is 11.3 Å². The number of para-hydroxylation sites is 2. The molecule has 0 radical (unpaired) electrons. The van der Waals surface area contributed by atoms with Gasteiger partial charge >= 0.3 is 0 Å². The first-order valence-corrected chi connectivity index (χ1v) is 12.4. The number of nitrogens with one attached hydrogen (secondary N) is 1. The van der Waals surface area contributed by atoms with Crippen molar-refractivity contribution in [2.45, 2.75) is 45.3 Å². The molecule has 0 saturated heterocycles. The maximum atomic E-state index is 13.8.